The second kappa shape index (κ2) is 9.24. The summed E-state index contributed by atoms with van der Waals surface area (Å²) >= 11 is 1.19. The summed E-state index contributed by atoms with van der Waals surface area (Å²) in [5.74, 6) is 0.424. The van der Waals surface area contributed by atoms with Crippen LogP contribution < -0.4 is 15.2 Å². The minimum Gasteiger partial charge on any atom is -0.497 e. The number of carbonyl (C=O) groups is 1. The zero-order valence-electron chi connectivity index (χ0n) is 16.2. The first-order valence-corrected chi connectivity index (χ1v) is 11.2. The van der Waals surface area contributed by atoms with E-state index < -0.39 is 15.3 Å². The molecule has 1 atom stereocenters. The molecule has 0 radical (unpaired) electrons. The Bertz CT molecular complexity index is 1130. The number of anilines is 1. The van der Waals surface area contributed by atoms with Crippen LogP contribution in [0.25, 0.3) is 0 Å². The van der Waals surface area contributed by atoms with Crippen LogP contribution in [0.5, 0.6) is 5.75 Å². The van der Waals surface area contributed by atoms with Crippen LogP contribution in [-0.4, -0.2) is 46.9 Å². The molecule has 158 valence electrons. The summed E-state index contributed by atoms with van der Waals surface area (Å²) in [4.78, 5) is 12.5. The number of sulfonamides is 1. The number of ether oxygens (including phenoxy) is 1. The van der Waals surface area contributed by atoms with Gasteiger partial charge in [0.05, 0.1) is 23.8 Å². The lowest BCUT2D eigenvalue weighted by Gasteiger charge is -2.12. The van der Waals surface area contributed by atoms with Crippen molar-refractivity contribution in [3.63, 3.8) is 0 Å². The number of amides is 1. The molecule has 0 aliphatic rings. The zero-order valence-corrected chi connectivity index (χ0v) is 17.9. The zero-order chi connectivity index (χ0) is 21.7. The molecule has 2 aromatic carbocycles. The highest BCUT2D eigenvalue weighted by Crippen LogP contribution is 2.23. The first-order valence-electron chi connectivity index (χ1n) is 8.76. The van der Waals surface area contributed by atoms with Crippen molar-refractivity contribution in [3.8, 4) is 5.75 Å². The highest BCUT2D eigenvalue weighted by molar-refractivity contribution is 8.00. The molecule has 3 rings (SSSR count). The van der Waals surface area contributed by atoms with Crippen molar-refractivity contribution >= 4 is 33.4 Å². The number of rotatable bonds is 8. The van der Waals surface area contributed by atoms with Crippen LogP contribution in [0.4, 0.5) is 5.69 Å². The van der Waals surface area contributed by atoms with Gasteiger partial charge in [0, 0.05) is 5.69 Å². The fraction of sp³-hybridized carbons (Fsp3) is 0.222. The molecule has 1 amide bonds. The number of aromatic nitrogens is 4. The van der Waals surface area contributed by atoms with Crippen LogP contribution in [0, 0.1) is 0 Å². The molecular weight excluding hydrogens is 428 g/mol. The van der Waals surface area contributed by atoms with Crippen molar-refractivity contribution in [1.82, 2.24) is 20.2 Å². The summed E-state index contributed by atoms with van der Waals surface area (Å²) in [5, 5.41) is 19.4. The second-order valence-electron chi connectivity index (χ2n) is 6.29. The van der Waals surface area contributed by atoms with E-state index in [1.54, 1.807) is 24.8 Å². The van der Waals surface area contributed by atoms with Crippen LogP contribution in [0.3, 0.4) is 0 Å². The Morgan fingerprint density at radius 3 is 2.67 bits per heavy atom. The third-order valence-electron chi connectivity index (χ3n) is 4.07. The topological polar surface area (TPSA) is 142 Å². The number of primary sulfonamides is 1. The molecule has 0 aliphatic carbocycles. The lowest BCUT2D eigenvalue weighted by atomic mass is 10.2. The Balaban J connectivity index is 1.65. The van der Waals surface area contributed by atoms with Crippen LogP contribution >= 0.6 is 11.8 Å². The number of nitrogens with two attached hydrogens (primary N) is 1. The van der Waals surface area contributed by atoms with E-state index in [9.17, 15) is 13.2 Å². The summed E-state index contributed by atoms with van der Waals surface area (Å²) < 4.78 is 29.7. The number of nitrogens with zero attached hydrogens (tertiary/aromatic N) is 4. The number of methoxy groups -OCH3 is 1. The van der Waals surface area contributed by atoms with Gasteiger partial charge < -0.3 is 10.1 Å². The van der Waals surface area contributed by atoms with Crippen molar-refractivity contribution in [2.24, 2.45) is 5.14 Å². The number of benzene rings is 2. The molecule has 0 fully saturated rings. The third kappa shape index (κ3) is 5.55. The largest absolute Gasteiger partial charge is 0.497 e. The Kier molecular flexibility index (Phi) is 6.70. The highest BCUT2D eigenvalue weighted by atomic mass is 32.2. The van der Waals surface area contributed by atoms with E-state index in [0.29, 0.717) is 17.4 Å². The first-order chi connectivity index (χ1) is 14.3. The van der Waals surface area contributed by atoms with Gasteiger partial charge in [0.2, 0.25) is 21.1 Å². The fourth-order valence-electron chi connectivity index (χ4n) is 2.49. The van der Waals surface area contributed by atoms with E-state index in [2.05, 4.69) is 20.8 Å². The van der Waals surface area contributed by atoms with Gasteiger partial charge in [-0.2, -0.15) is 0 Å². The maximum absolute atomic E-state index is 12.5. The molecule has 1 unspecified atom stereocenters. The molecule has 1 heterocycles. The van der Waals surface area contributed by atoms with Gasteiger partial charge in [-0.1, -0.05) is 30.0 Å². The maximum atomic E-state index is 12.5. The maximum Gasteiger partial charge on any atom is 0.238 e. The monoisotopic (exact) mass is 448 g/mol. The van der Waals surface area contributed by atoms with Gasteiger partial charge in [0.25, 0.3) is 0 Å². The normalized spacial score (nSPS) is 12.4. The Morgan fingerprint density at radius 1 is 1.27 bits per heavy atom. The lowest BCUT2D eigenvalue weighted by molar-refractivity contribution is -0.115. The smallest absolute Gasteiger partial charge is 0.238 e. The highest BCUT2D eigenvalue weighted by Gasteiger charge is 2.19. The number of hydrogen-bond donors (Lipinski definition) is 2. The van der Waals surface area contributed by atoms with Crippen LogP contribution in [0.1, 0.15) is 12.5 Å². The van der Waals surface area contributed by atoms with Crippen molar-refractivity contribution in [2.75, 3.05) is 12.4 Å². The van der Waals surface area contributed by atoms with Crippen LogP contribution in [-0.2, 0) is 21.4 Å². The molecule has 0 aliphatic heterocycles. The minimum atomic E-state index is -3.86. The molecule has 1 aromatic heterocycles. The predicted octanol–water partition coefficient (Wildman–Crippen LogP) is 1.50. The van der Waals surface area contributed by atoms with Crippen LogP contribution in [0.15, 0.2) is 58.6 Å². The predicted molar refractivity (Wildman–Crippen MR) is 112 cm³/mol. The average Bonchev–Trinajstić information content (AvgIpc) is 3.14. The van der Waals surface area contributed by atoms with E-state index in [0.717, 1.165) is 11.3 Å². The van der Waals surface area contributed by atoms with Gasteiger partial charge in [-0.15, -0.1) is 5.10 Å². The van der Waals surface area contributed by atoms with Crippen molar-refractivity contribution in [1.29, 1.82) is 0 Å². The summed E-state index contributed by atoms with van der Waals surface area (Å²) in [5.41, 5.74) is 1.30. The van der Waals surface area contributed by atoms with E-state index in [-0.39, 0.29) is 10.8 Å². The summed E-state index contributed by atoms with van der Waals surface area (Å²) in [6.07, 6.45) is 0. The Hall–Kier alpha value is -2.96. The van der Waals surface area contributed by atoms with Gasteiger partial charge in [-0.05, 0) is 53.2 Å². The molecule has 10 nitrogen and oxygen atoms in total. The third-order valence-corrected chi connectivity index (χ3v) is 6.05. The molecule has 0 bridgehead atoms. The SMILES string of the molecule is COc1ccc(Cn2nnnc2SC(C)C(=O)Nc2cccc(S(N)(=O)=O)c2)cc1. The lowest BCUT2D eigenvalue weighted by Crippen LogP contribution is -2.23. The molecule has 3 aromatic rings. The van der Waals surface area contributed by atoms with E-state index in [1.807, 2.05) is 24.3 Å². The second-order valence-corrected chi connectivity index (χ2v) is 9.16. The number of carbonyl (C=O) groups excluding carboxylic acids is 1. The van der Waals surface area contributed by atoms with Crippen molar-refractivity contribution in [2.45, 2.75) is 28.8 Å². The van der Waals surface area contributed by atoms with Gasteiger partial charge in [0.1, 0.15) is 5.75 Å². The standard InChI is InChI=1S/C18H20N6O4S2/c1-12(17(25)20-14-4-3-5-16(10-14)30(19,26)27)29-18-21-22-23-24(18)11-13-6-8-15(28-2)9-7-13/h3-10,12H,11H2,1-2H3,(H,20,25)(H2,19,26,27). The summed E-state index contributed by atoms with van der Waals surface area (Å²) in [6, 6.07) is 13.2. The summed E-state index contributed by atoms with van der Waals surface area (Å²) in [6.45, 7) is 2.14. The summed E-state index contributed by atoms with van der Waals surface area (Å²) in [7, 11) is -2.26. The molecule has 12 heteroatoms. The minimum absolute atomic E-state index is 0.0796. The molecule has 3 N–H and O–H groups in total. The van der Waals surface area contributed by atoms with E-state index in [4.69, 9.17) is 9.88 Å². The molecule has 0 saturated carbocycles. The number of nitrogens with one attached hydrogen (secondary N) is 1. The number of tetrazole rings is 1. The molecule has 0 spiro atoms. The number of hydrogen-bond acceptors (Lipinski definition) is 8. The van der Waals surface area contributed by atoms with Gasteiger partial charge in [-0.25, -0.2) is 18.2 Å². The van der Waals surface area contributed by atoms with Crippen molar-refractivity contribution in [3.05, 3.63) is 54.1 Å². The Morgan fingerprint density at radius 2 is 2.00 bits per heavy atom. The molecule has 30 heavy (non-hydrogen) atoms. The van der Waals surface area contributed by atoms with E-state index in [1.165, 1.54) is 30.0 Å². The average molecular weight is 449 g/mol. The number of thioether (sulfide) groups is 1. The first kappa shape index (κ1) is 21.7. The molecule has 0 saturated heterocycles. The van der Waals surface area contributed by atoms with Gasteiger partial charge in [0.15, 0.2) is 0 Å². The fourth-order valence-corrected chi connectivity index (χ4v) is 3.84. The van der Waals surface area contributed by atoms with E-state index >= 15 is 0 Å². The van der Waals surface area contributed by atoms with Gasteiger partial charge >= 0.3 is 0 Å². The molecular formula is C18H20N6O4S2. The van der Waals surface area contributed by atoms with Crippen LogP contribution in [0.2, 0.25) is 0 Å². The van der Waals surface area contributed by atoms with Gasteiger partial charge in [-0.3, -0.25) is 4.79 Å². The quantitative estimate of drug-likeness (QED) is 0.494. The Labute approximate surface area is 177 Å². The van der Waals surface area contributed by atoms with Crippen molar-refractivity contribution < 1.29 is 17.9 Å².